The predicted octanol–water partition coefficient (Wildman–Crippen LogP) is 2.19. The Morgan fingerprint density at radius 2 is 1.88 bits per heavy atom. The van der Waals surface area contributed by atoms with Gasteiger partial charge in [0.2, 0.25) is 0 Å². The van der Waals surface area contributed by atoms with Gasteiger partial charge >= 0.3 is 0 Å². The summed E-state index contributed by atoms with van der Waals surface area (Å²) in [6, 6.07) is 1.50. The number of rotatable bonds is 3. The minimum absolute atomic E-state index is 0.479. The molecule has 0 aliphatic rings. The van der Waals surface area contributed by atoms with Crippen LogP contribution in [0.4, 0.5) is 0 Å². The van der Waals surface area contributed by atoms with Gasteiger partial charge in [0.1, 0.15) is 0 Å². The lowest BCUT2D eigenvalue weighted by Crippen LogP contribution is -2.42. The second kappa shape index (κ2) is 4.13. The highest BCUT2D eigenvalue weighted by Crippen LogP contribution is 2.34. The first kappa shape index (κ1) is 13.7. The van der Waals surface area contributed by atoms with E-state index in [9.17, 15) is 8.42 Å². The summed E-state index contributed by atoms with van der Waals surface area (Å²) in [5.41, 5.74) is 7.04. The molecule has 2 N–H and O–H groups in total. The lowest BCUT2D eigenvalue weighted by atomic mass is 9.96. The molecule has 0 bridgehead atoms. The molecule has 0 aliphatic carbocycles. The molecule has 0 fully saturated rings. The fraction of sp³-hybridized carbons (Fsp3) is 0.636. The molecule has 0 saturated heterocycles. The standard InChI is InChI=1S/C11H19NO2S2/c1-7-6-9(8(2)15-7)10(12)11(3,4)16(5,13)14/h6,10H,12H2,1-5H3. The van der Waals surface area contributed by atoms with Gasteiger partial charge in [-0.25, -0.2) is 8.42 Å². The van der Waals surface area contributed by atoms with Crippen molar-refractivity contribution in [3.05, 3.63) is 21.4 Å². The Kier molecular flexibility index (Phi) is 3.53. The lowest BCUT2D eigenvalue weighted by Gasteiger charge is -2.29. The van der Waals surface area contributed by atoms with Crippen LogP contribution >= 0.6 is 11.3 Å². The molecule has 0 aliphatic heterocycles. The lowest BCUT2D eigenvalue weighted by molar-refractivity contribution is 0.496. The molecule has 16 heavy (non-hydrogen) atoms. The van der Waals surface area contributed by atoms with Gasteiger partial charge in [0.25, 0.3) is 0 Å². The SMILES string of the molecule is Cc1cc(C(N)C(C)(C)S(C)(=O)=O)c(C)s1. The second-order valence-corrected chi connectivity index (χ2v) is 8.78. The molecule has 0 radical (unpaired) electrons. The zero-order valence-corrected chi connectivity index (χ0v) is 12.0. The summed E-state index contributed by atoms with van der Waals surface area (Å²) < 4.78 is 22.5. The van der Waals surface area contributed by atoms with Crippen molar-refractivity contribution in [1.82, 2.24) is 0 Å². The molecule has 92 valence electrons. The molecule has 1 heterocycles. The molecule has 1 unspecified atom stereocenters. The van der Waals surface area contributed by atoms with Crippen molar-refractivity contribution in [2.45, 2.75) is 38.5 Å². The van der Waals surface area contributed by atoms with E-state index in [1.807, 2.05) is 19.9 Å². The van der Waals surface area contributed by atoms with Gasteiger partial charge in [0.05, 0.1) is 4.75 Å². The molecular weight excluding hydrogens is 242 g/mol. The van der Waals surface area contributed by atoms with Gasteiger partial charge in [-0.2, -0.15) is 0 Å². The predicted molar refractivity (Wildman–Crippen MR) is 69.6 cm³/mol. The molecule has 1 aromatic rings. The zero-order valence-electron chi connectivity index (χ0n) is 10.4. The largest absolute Gasteiger partial charge is 0.323 e. The van der Waals surface area contributed by atoms with Crippen molar-refractivity contribution in [3.63, 3.8) is 0 Å². The third-order valence-corrected chi connectivity index (χ3v) is 6.27. The van der Waals surface area contributed by atoms with Gasteiger partial charge in [0, 0.05) is 22.1 Å². The van der Waals surface area contributed by atoms with Gasteiger partial charge in [-0.1, -0.05) is 0 Å². The monoisotopic (exact) mass is 261 g/mol. The highest BCUT2D eigenvalue weighted by molar-refractivity contribution is 7.92. The topological polar surface area (TPSA) is 60.2 Å². The maximum absolute atomic E-state index is 11.7. The number of hydrogen-bond donors (Lipinski definition) is 1. The van der Waals surface area contributed by atoms with E-state index in [0.29, 0.717) is 0 Å². The van der Waals surface area contributed by atoms with E-state index >= 15 is 0 Å². The molecule has 0 saturated carbocycles. The van der Waals surface area contributed by atoms with Gasteiger partial charge in [-0.3, -0.25) is 0 Å². The van der Waals surface area contributed by atoms with Crippen LogP contribution in [0.15, 0.2) is 6.07 Å². The first-order valence-electron chi connectivity index (χ1n) is 5.09. The number of aryl methyl sites for hydroxylation is 2. The number of nitrogens with two attached hydrogens (primary N) is 1. The van der Waals surface area contributed by atoms with Crippen LogP contribution in [0.1, 0.15) is 35.2 Å². The summed E-state index contributed by atoms with van der Waals surface area (Å²) in [6.45, 7) is 7.34. The molecular formula is C11H19NO2S2. The third kappa shape index (κ3) is 2.31. The summed E-state index contributed by atoms with van der Waals surface area (Å²) >= 11 is 1.65. The van der Waals surface area contributed by atoms with Crippen LogP contribution in [0.5, 0.6) is 0 Å². The van der Waals surface area contributed by atoms with Crippen molar-refractivity contribution in [3.8, 4) is 0 Å². The number of hydrogen-bond acceptors (Lipinski definition) is 4. The molecule has 1 atom stereocenters. The maximum atomic E-state index is 11.7. The van der Waals surface area contributed by atoms with Crippen LogP contribution < -0.4 is 5.73 Å². The quantitative estimate of drug-likeness (QED) is 0.907. The Hall–Kier alpha value is -0.390. The first-order valence-corrected chi connectivity index (χ1v) is 7.80. The van der Waals surface area contributed by atoms with Crippen molar-refractivity contribution in [1.29, 1.82) is 0 Å². The van der Waals surface area contributed by atoms with Crippen LogP contribution in [-0.2, 0) is 9.84 Å². The zero-order chi connectivity index (χ0) is 12.7. The van der Waals surface area contributed by atoms with E-state index < -0.39 is 20.6 Å². The van der Waals surface area contributed by atoms with Gasteiger partial charge in [0.15, 0.2) is 9.84 Å². The minimum Gasteiger partial charge on any atom is -0.323 e. The Bertz CT molecular complexity index is 486. The number of sulfone groups is 1. The smallest absolute Gasteiger partial charge is 0.154 e. The minimum atomic E-state index is -3.18. The Labute approximate surface area is 102 Å². The van der Waals surface area contributed by atoms with E-state index in [1.165, 1.54) is 6.26 Å². The average molecular weight is 261 g/mol. The van der Waals surface area contributed by atoms with E-state index in [0.717, 1.165) is 15.3 Å². The van der Waals surface area contributed by atoms with Crippen LogP contribution in [0, 0.1) is 13.8 Å². The van der Waals surface area contributed by atoms with Crippen LogP contribution in [-0.4, -0.2) is 19.4 Å². The Balaban J connectivity index is 3.22. The van der Waals surface area contributed by atoms with Crippen LogP contribution in [0.3, 0.4) is 0 Å². The third-order valence-electron chi connectivity index (χ3n) is 3.12. The Morgan fingerprint density at radius 3 is 2.19 bits per heavy atom. The highest BCUT2D eigenvalue weighted by atomic mass is 32.2. The maximum Gasteiger partial charge on any atom is 0.154 e. The van der Waals surface area contributed by atoms with Gasteiger partial charge in [-0.05, 0) is 39.3 Å². The molecule has 0 spiro atoms. The summed E-state index contributed by atoms with van der Waals surface area (Å²) in [7, 11) is -3.18. The Morgan fingerprint density at radius 1 is 1.38 bits per heavy atom. The van der Waals surface area contributed by atoms with Gasteiger partial charge in [-0.15, -0.1) is 11.3 Å². The average Bonchev–Trinajstić information content (AvgIpc) is 2.41. The van der Waals surface area contributed by atoms with Gasteiger partial charge < -0.3 is 5.73 Å². The number of thiophene rings is 1. The first-order chi connectivity index (χ1) is 7.07. The molecule has 1 rings (SSSR count). The van der Waals surface area contributed by atoms with E-state index in [4.69, 9.17) is 5.73 Å². The normalized spacial score (nSPS) is 15.1. The van der Waals surface area contributed by atoms with Crippen molar-refractivity contribution in [2.24, 2.45) is 5.73 Å². The van der Waals surface area contributed by atoms with Crippen molar-refractivity contribution in [2.75, 3.05) is 6.26 Å². The van der Waals surface area contributed by atoms with E-state index in [-0.39, 0.29) is 0 Å². The molecule has 1 aromatic heterocycles. The molecule has 0 amide bonds. The van der Waals surface area contributed by atoms with Crippen molar-refractivity contribution >= 4 is 21.2 Å². The van der Waals surface area contributed by atoms with Crippen LogP contribution in [0.25, 0.3) is 0 Å². The highest BCUT2D eigenvalue weighted by Gasteiger charge is 2.38. The second-order valence-electron chi connectivity index (χ2n) is 4.72. The fourth-order valence-electron chi connectivity index (χ4n) is 1.56. The summed E-state index contributed by atoms with van der Waals surface area (Å²) in [5, 5.41) is 0. The molecule has 3 nitrogen and oxygen atoms in total. The summed E-state index contributed by atoms with van der Waals surface area (Å²) in [5.74, 6) is 0. The molecule has 5 heteroatoms. The van der Waals surface area contributed by atoms with E-state index in [2.05, 4.69) is 0 Å². The summed E-state index contributed by atoms with van der Waals surface area (Å²) in [4.78, 5) is 2.26. The fourth-order valence-corrected chi connectivity index (χ4v) is 3.13. The summed E-state index contributed by atoms with van der Waals surface area (Å²) in [6.07, 6.45) is 1.24. The van der Waals surface area contributed by atoms with Crippen LogP contribution in [0.2, 0.25) is 0 Å². The van der Waals surface area contributed by atoms with E-state index in [1.54, 1.807) is 25.2 Å². The molecule has 0 aromatic carbocycles. The van der Waals surface area contributed by atoms with Crippen molar-refractivity contribution < 1.29 is 8.42 Å².